The van der Waals surface area contributed by atoms with Crippen molar-refractivity contribution < 1.29 is 14.6 Å². The van der Waals surface area contributed by atoms with Crippen LogP contribution in [0.5, 0.6) is 5.75 Å². The Kier molecular flexibility index (Phi) is 6.47. The van der Waals surface area contributed by atoms with Gasteiger partial charge in [0.15, 0.2) is 0 Å². The van der Waals surface area contributed by atoms with Gasteiger partial charge in [-0.05, 0) is 65.9 Å². The lowest BCUT2D eigenvalue weighted by molar-refractivity contribution is 0.0715. The molecule has 2 aromatic heterocycles. The number of benzene rings is 2. The molecular formula is C27H27ClN4O3. The number of carbonyl (C=O) groups excluding carboxylic acids is 1. The highest BCUT2D eigenvalue weighted by Gasteiger charge is 2.21. The third-order valence-electron chi connectivity index (χ3n) is 6.58. The molecule has 0 radical (unpaired) electrons. The number of nitrogens with two attached hydrogens (primary N) is 1. The smallest absolute Gasteiger partial charge is 0.253 e. The molecule has 0 bridgehead atoms. The van der Waals surface area contributed by atoms with E-state index in [1.165, 1.54) is 0 Å². The van der Waals surface area contributed by atoms with Crippen molar-refractivity contribution in [3.63, 3.8) is 0 Å². The average Bonchev–Trinajstić information content (AvgIpc) is 3.32. The summed E-state index contributed by atoms with van der Waals surface area (Å²) in [4.78, 5) is 19.5. The molecule has 8 heteroatoms. The second kappa shape index (κ2) is 9.70. The molecule has 0 aliphatic carbocycles. The number of aliphatic hydroxyl groups excluding tert-OH is 1. The Morgan fingerprint density at radius 2 is 1.89 bits per heavy atom. The van der Waals surface area contributed by atoms with Gasteiger partial charge in [0.25, 0.3) is 5.91 Å². The fourth-order valence-corrected chi connectivity index (χ4v) is 4.74. The van der Waals surface area contributed by atoms with Gasteiger partial charge >= 0.3 is 0 Å². The van der Waals surface area contributed by atoms with Crippen LogP contribution in [0.25, 0.3) is 28.0 Å². The van der Waals surface area contributed by atoms with Crippen molar-refractivity contribution in [2.75, 3.05) is 20.2 Å². The second-order valence-corrected chi connectivity index (χ2v) is 9.22. The van der Waals surface area contributed by atoms with Crippen molar-refractivity contribution in [1.82, 2.24) is 14.3 Å². The van der Waals surface area contributed by atoms with Crippen LogP contribution >= 0.6 is 11.6 Å². The van der Waals surface area contributed by atoms with Crippen LogP contribution in [0, 0.1) is 0 Å². The minimum Gasteiger partial charge on any atom is -0.495 e. The summed E-state index contributed by atoms with van der Waals surface area (Å²) in [7, 11) is 1.54. The number of methoxy groups -OCH3 is 1. The van der Waals surface area contributed by atoms with Gasteiger partial charge in [0.05, 0.1) is 24.4 Å². The predicted molar refractivity (Wildman–Crippen MR) is 137 cm³/mol. The second-order valence-electron chi connectivity index (χ2n) is 8.82. The zero-order valence-electron chi connectivity index (χ0n) is 19.4. The van der Waals surface area contributed by atoms with Gasteiger partial charge in [-0.3, -0.25) is 4.79 Å². The van der Waals surface area contributed by atoms with E-state index in [-0.39, 0.29) is 18.6 Å². The first-order valence-corrected chi connectivity index (χ1v) is 12.0. The molecule has 35 heavy (non-hydrogen) atoms. The maximum Gasteiger partial charge on any atom is 0.253 e. The molecule has 0 spiro atoms. The van der Waals surface area contributed by atoms with Gasteiger partial charge in [0, 0.05) is 42.7 Å². The van der Waals surface area contributed by atoms with E-state index >= 15 is 0 Å². The van der Waals surface area contributed by atoms with Gasteiger partial charge < -0.3 is 24.9 Å². The minimum absolute atomic E-state index is 0.0506. The van der Waals surface area contributed by atoms with E-state index in [1.54, 1.807) is 19.2 Å². The highest BCUT2D eigenvalue weighted by molar-refractivity contribution is 6.32. The number of imidazole rings is 1. The number of piperidine rings is 1. The quantitative estimate of drug-likeness (QED) is 0.433. The van der Waals surface area contributed by atoms with Crippen molar-refractivity contribution in [3.8, 4) is 28.1 Å². The summed E-state index contributed by atoms with van der Waals surface area (Å²) in [5.41, 5.74) is 11.5. The number of aliphatic hydroxyl groups is 1. The molecule has 7 nitrogen and oxygen atoms in total. The highest BCUT2D eigenvalue weighted by Crippen LogP contribution is 2.34. The van der Waals surface area contributed by atoms with Gasteiger partial charge in [0.1, 0.15) is 11.4 Å². The molecule has 0 atom stereocenters. The van der Waals surface area contributed by atoms with Gasteiger partial charge in [-0.2, -0.15) is 0 Å². The van der Waals surface area contributed by atoms with E-state index in [4.69, 9.17) is 27.1 Å². The monoisotopic (exact) mass is 490 g/mol. The summed E-state index contributed by atoms with van der Waals surface area (Å²) in [5, 5.41) is 10.3. The van der Waals surface area contributed by atoms with E-state index in [2.05, 4.69) is 0 Å². The molecular weight excluding hydrogens is 464 g/mol. The number of nitrogens with zero attached hydrogens (tertiary/aromatic N) is 3. The summed E-state index contributed by atoms with van der Waals surface area (Å²) < 4.78 is 7.19. The molecule has 0 saturated carbocycles. The van der Waals surface area contributed by atoms with Gasteiger partial charge in [-0.1, -0.05) is 23.7 Å². The third kappa shape index (κ3) is 4.62. The number of likely N-dealkylation sites (tertiary alicyclic amines) is 1. The summed E-state index contributed by atoms with van der Waals surface area (Å²) in [5.74, 6) is 0.561. The first-order valence-electron chi connectivity index (χ1n) is 11.6. The standard InChI is InChI=1S/C27H27ClN4O3/c1-35-25-12-20(16-33)22(14-23(25)28)24-15-32-9-6-19(13-26(32)30-24)17-2-4-18(5-3-17)27(34)31-10-7-21(29)8-11-31/h2-6,9,12-15,21,33H,7-8,10-11,16,29H2,1H3. The van der Waals surface area contributed by atoms with E-state index in [9.17, 15) is 9.90 Å². The Balaban J connectivity index is 1.41. The molecule has 1 fully saturated rings. The van der Waals surface area contributed by atoms with Crippen molar-refractivity contribution in [2.45, 2.75) is 25.5 Å². The summed E-state index contributed by atoms with van der Waals surface area (Å²) in [6.07, 6.45) is 5.54. The number of ether oxygens (including phenoxy) is 1. The van der Waals surface area contributed by atoms with Crippen LogP contribution in [0.3, 0.4) is 0 Å². The number of fused-ring (bicyclic) bond motifs is 1. The molecule has 0 unspecified atom stereocenters. The highest BCUT2D eigenvalue weighted by atomic mass is 35.5. The first kappa shape index (κ1) is 23.4. The number of halogens is 1. The molecule has 1 saturated heterocycles. The zero-order chi connectivity index (χ0) is 24.5. The molecule has 3 N–H and O–H groups in total. The largest absolute Gasteiger partial charge is 0.495 e. The van der Waals surface area contributed by atoms with Crippen LogP contribution < -0.4 is 10.5 Å². The normalized spacial score (nSPS) is 14.5. The van der Waals surface area contributed by atoms with Gasteiger partial charge in [-0.25, -0.2) is 4.98 Å². The average molecular weight is 491 g/mol. The summed E-state index contributed by atoms with van der Waals surface area (Å²) in [6.45, 7) is 1.26. The Labute approximate surface area is 208 Å². The van der Waals surface area contributed by atoms with Crippen molar-refractivity contribution in [1.29, 1.82) is 0 Å². The van der Waals surface area contributed by atoms with Gasteiger partial charge in [-0.15, -0.1) is 0 Å². The maximum atomic E-state index is 12.8. The van der Waals surface area contributed by atoms with Crippen LogP contribution in [0.4, 0.5) is 0 Å². The Hall–Kier alpha value is -3.39. The summed E-state index contributed by atoms with van der Waals surface area (Å²) in [6, 6.07) is 15.4. The molecule has 1 aliphatic heterocycles. The molecule has 4 aromatic rings. The van der Waals surface area contributed by atoms with Crippen LogP contribution in [0.1, 0.15) is 28.8 Å². The number of amides is 1. The Bertz CT molecular complexity index is 1380. The lowest BCUT2D eigenvalue weighted by Gasteiger charge is -2.30. The van der Waals surface area contributed by atoms with Crippen LogP contribution in [0.15, 0.2) is 60.9 Å². The lowest BCUT2D eigenvalue weighted by Crippen LogP contribution is -2.42. The fraction of sp³-hybridized carbons (Fsp3) is 0.259. The number of hydrogen-bond acceptors (Lipinski definition) is 5. The zero-order valence-corrected chi connectivity index (χ0v) is 20.2. The first-order chi connectivity index (χ1) is 17.0. The molecule has 5 rings (SSSR count). The number of hydrogen-bond donors (Lipinski definition) is 2. The van der Waals surface area contributed by atoms with Crippen LogP contribution in [-0.4, -0.2) is 51.5 Å². The van der Waals surface area contributed by atoms with Crippen molar-refractivity contribution >= 4 is 23.2 Å². The molecule has 2 aromatic carbocycles. The van der Waals surface area contributed by atoms with Crippen molar-refractivity contribution in [3.05, 3.63) is 77.1 Å². The van der Waals surface area contributed by atoms with E-state index in [1.807, 2.05) is 58.1 Å². The van der Waals surface area contributed by atoms with Crippen LogP contribution in [0.2, 0.25) is 5.02 Å². The SMILES string of the molecule is COc1cc(CO)c(-c2cn3ccc(-c4ccc(C(=O)N5CCC(N)CC5)cc4)cc3n2)cc1Cl. The van der Waals surface area contributed by atoms with E-state index < -0.39 is 0 Å². The number of carbonyl (C=O) groups is 1. The minimum atomic E-state index is -0.155. The molecule has 3 heterocycles. The van der Waals surface area contributed by atoms with E-state index in [0.29, 0.717) is 40.7 Å². The topological polar surface area (TPSA) is 93.1 Å². The van der Waals surface area contributed by atoms with E-state index in [0.717, 1.165) is 35.2 Å². The number of rotatable bonds is 5. The molecule has 1 amide bonds. The predicted octanol–water partition coefficient (Wildman–Crippen LogP) is 4.39. The van der Waals surface area contributed by atoms with Gasteiger partial charge in [0.2, 0.25) is 0 Å². The lowest BCUT2D eigenvalue weighted by atomic mass is 10.0. The maximum absolute atomic E-state index is 12.8. The van der Waals surface area contributed by atoms with Crippen molar-refractivity contribution in [2.24, 2.45) is 5.73 Å². The molecule has 180 valence electrons. The number of aromatic nitrogens is 2. The fourth-order valence-electron chi connectivity index (χ4n) is 4.50. The third-order valence-corrected chi connectivity index (χ3v) is 6.87. The van der Waals surface area contributed by atoms with Crippen LogP contribution in [-0.2, 0) is 6.61 Å². The summed E-state index contributed by atoms with van der Waals surface area (Å²) >= 11 is 6.33. The Morgan fingerprint density at radius 3 is 2.57 bits per heavy atom. The Morgan fingerprint density at radius 1 is 1.14 bits per heavy atom. The molecule has 1 aliphatic rings. The number of pyridine rings is 1.